The van der Waals surface area contributed by atoms with Crippen LogP contribution in [0.1, 0.15) is 40.4 Å². The third-order valence-corrected chi connectivity index (χ3v) is 7.30. The molecule has 0 bridgehead atoms. The van der Waals surface area contributed by atoms with Crippen LogP contribution in [-0.2, 0) is 12.8 Å². The molecule has 200 valence electrons. The second-order valence-corrected chi connectivity index (χ2v) is 10.3. The molecule has 0 aliphatic carbocycles. The first-order valence-electron chi connectivity index (χ1n) is 13.6. The van der Waals surface area contributed by atoms with E-state index in [0.29, 0.717) is 6.42 Å². The number of benzene rings is 3. The number of urea groups is 1. The van der Waals surface area contributed by atoms with E-state index in [9.17, 15) is 9.18 Å². The Bertz CT molecular complexity index is 1320. The molecule has 2 heterocycles. The third kappa shape index (κ3) is 7.52. The Labute approximate surface area is 230 Å². The van der Waals surface area contributed by atoms with Crippen LogP contribution in [0.25, 0.3) is 0 Å². The second kappa shape index (κ2) is 12.7. The van der Waals surface area contributed by atoms with Gasteiger partial charge in [-0.3, -0.25) is 4.98 Å². The van der Waals surface area contributed by atoms with Gasteiger partial charge in [0.15, 0.2) is 0 Å². The number of nitrogens with zero attached hydrogens (tertiary/aromatic N) is 2. The molecule has 0 radical (unpaired) electrons. The summed E-state index contributed by atoms with van der Waals surface area (Å²) >= 11 is 0. The molecule has 39 heavy (non-hydrogen) atoms. The van der Waals surface area contributed by atoms with Gasteiger partial charge in [0, 0.05) is 48.7 Å². The summed E-state index contributed by atoms with van der Waals surface area (Å²) in [5, 5.41) is 6.17. The van der Waals surface area contributed by atoms with Crippen LogP contribution in [0.2, 0.25) is 0 Å². The molecule has 1 fully saturated rings. The summed E-state index contributed by atoms with van der Waals surface area (Å²) in [6.45, 7) is 4.61. The minimum atomic E-state index is -0.234. The van der Waals surface area contributed by atoms with Gasteiger partial charge in [0.2, 0.25) is 0 Å². The molecule has 6 heteroatoms. The molecule has 1 unspecified atom stereocenters. The van der Waals surface area contributed by atoms with Crippen molar-refractivity contribution in [2.45, 2.75) is 38.1 Å². The Morgan fingerprint density at radius 2 is 1.62 bits per heavy atom. The summed E-state index contributed by atoms with van der Waals surface area (Å²) in [4.78, 5) is 19.9. The highest BCUT2D eigenvalue weighted by atomic mass is 19.1. The molecule has 5 nitrogen and oxygen atoms in total. The number of hydrogen-bond donors (Lipinski definition) is 2. The first kappa shape index (κ1) is 26.6. The number of rotatable bonds is 9. The zero-order valence-corrected chi connectivity index (χ0v) is 22.3. The minimum Gasteiger partial charge on any atom is -0.334 e. The van der Waals surface area contributed by atoms with Crippen LogP contribution in [0.15, 0.2) is 97.1 Å². The van der Waals surface area contributed by atoms with Gasteiger partial charge in [0.05, 0.1) is 0 Å². The molecular formula is C33H35FN4O. The molecule has 1 atom stereocenters. The molecule has 1 saturated heterocycles. The number of amides is 2. The number of hydrogen-bond acceptors (Lipinski definition) is 3. The van der Waals surface area contributed by atoms with Crippen molar-refractivity contribution in [1.82, 2.24) is 15.2 Å². The zero-order valence-electron chi connectivity index (χ0n) is 22.3. The van der Waals surface area contributed by atoms with Gasteiger partial charge in [0.25, 0.3) is 0 Å². The SMILES string of the molecule is Cc1cc(NC(=O)NC2CCN(CC(c3ccccc3)c3ccccc3)C2)cc(CCc2ccc(F)cc2)n1. The number of aromatic nitrogens is 1. The maximum absolute atomic E-state index is 13.2. The number of anilines is 1. The number of likely N-dealkylation sites (tertiary alicyclic amines) is 1. The maximum Gasteiger partial charge on any atom is 0.319 e. The lowest BCUT2D eigenvalue weighted by atomic mass is 9.91. The number of carbonyl (C=O) groups is 1. The zero-order chi connectivity index (χ0) is 27.0. The molecule has 5 rings (SSSR count). The molecule has 4 aromatic rings. The number of aryl methyl sites for hydroxylation is 3. The molecule has 1 aliphatic rings. The normalized spacial score (nSPS) is 15.4. The number of pyridine rings is 1. The molecule has 0 spiro atoms. The predicted octanol–water partition coefficient (Wildman–Crippen LogP) is 6.34. The smallest absolute Gasteiger partial charge is 0.319 e. The Morgan fingerprint density at radius 3 is 2.28 bits per heavy atom. The van der Waals surface area contributed by atoms with Gasteiger partial charge in [-0.15, -0.1) is 0 Å². The van der Waals surface area contributed by atoms with Crippen LogP contribution < -0.4 is 10.6 Å². The van der Waals surface area contributed by atoms with E-state index in [4.69, 9.17) is 0 Å². The first-order valence-corrected chi connectivity index (χ1v) is 13.6. The Morgan fingerprint density at radius 1 is 0.949 bits per heavy atom. The van der Waals surface area contributed by atoms with Crippen molar-refractivity contribution >= 4 is 11.7 Å². The van der Waals surface area contributed by atoms with Crippen molar-refractivity contribution in [2.24, 2.45) is 0 Å². The van der Waals surface area contributed by atoms with E-state index in [0.717, 1.165) is 55.1 Å². The van der Waals surface area contributed by atoms with E-state index in [2.05, 4.69) is 81.2 Å². The van der Waals surface area contributed by atoms with Crippen molar-refractivity contribution in [3.05, 3.63) is 131 Å². The van der Waals surface area contributed by atoms with Crippen molar-refractivity contribution in [3.63, 3.8) is 0 Å². The Kier molecular flexibility index (Phi) is 8.64. The van der Waals surface area contributed by atoms with Crippen LogP contribution in [0, 0.1) is 12.7 Å². The van der Waals surface area contributed by atoms with E-state index in [1.165, 1.54) is 23.3 Å². The number of nitrogens with one attached hydrogen (secondary N) is 2. The van der Waals surface area contributed by atoms with Gasteiger partial charge in [0.1, 0.15) is 5.82 Å². The Balaban J connectivity index is 1.15. The third-order valence-electron chi connectivity index (χ3n) is 7.30. The number of carbonyl (C=O) groups excluding carboxylic acids is 1. The summed E-state index contributed by atoms with van der Waals surface area (Å²) in [5.41, 5.74) is 6.15. The van der Waals surface area contributed by atoms with Crippen LogP contribution in [0.5, 0.6) is 0 Å². The maximum atomic E-state index is 13.2. The highest BCUT2D eigenvalue weighted by molar-refractivity contribution is 5.89. The average molecular weight is 523 g/mol. The lowest BCUT2D eigenvalue weighted by molar-refractivity contribution is 0.247. The monoisotopic (exact) mass is 522 g/mol. The van der Waals surface area contributed by atoms with Gasteiger partial charge in [-0.2, -0.15) is 0 Å². The summed E-state index contributed by atoms with van der Waals surface area (Å²) in [5.74, 6) is 0.0515. The fourth-order valence-electron chi connectivity index (χ4n) is 5.36. The predicted molar refractivity (Wildman–Crippen MR) is 155 cm³/mol. The van der Waals surface area contributed by atoms with Crippen molar-refractivity contribution in [1.29, 1.82) is 0 Å². The molecule has 3 aromatic carbocycles. The minimum absolute atomic E-state index is 0.0954. The second-order valence-electron chi connectivity index (χ2n) is 10.3. The average Bonchev–Trinajstić information content (AvgIpc) is 3.38. The van der Waals surface area contributed by atoms with Crippen molar-refractivity contribution in [2.75, 3.05) is 25.0 Å². The highest BCUT2D eigenvalue weighted by Gasteiger charge is 2.27. The van der Waals surface area contributed by atoms with Crippen LogP contribution in [-0.4, -0.2) is 41.6 Å². The van der Waals surface area contributed by atoms with Crippen molar-refractivity contribution in [3.8, 4) is 0 Å². The Hall–Kier alpha value is -4.03. The fraction of sp³-hybridized carbons (Fsp3) is 0.273. The molecule has 0 saturated carbocycles. The van der Waals surface area contributed by atoms with Crippen LogP contribution >= 0.6 is 0 Å². The summed E-state index contributed by atoms with van der Waals surface area (Å²) in [7, 11) is 0. The van der Waals surface area contributed by atoms with E-state index in [-0.39, 0.29) is 23.8 Å². The van der Waals surface area contributed by atoms with Crippen molar-refractivity contribution < 1.29 is 9.18 Å². The lowest BCUT2D eigenvalue weighted by Gasteiger charge is -2.25. The summed E-state index contributed by atoms with van der Waals surface area (Å²) < 4.78 is 13.2. The molecule has 1 aliphatic heterocycles. The van der Waals surface area contributed by atoms with Gasteiger partial charge in [-0.1, -0.05) is 72.8 Å². The quantitative estimate of drug-likeness (QED) is 0.270. The van der Waals surface area contributed by atoms with Gasteiger partial charge >= 0.3 is 6.03 Å². The molecule has 1 aromatic heterocycles. The van der Waals surface area contributed by atoms with Gasteiger partial charge in [-0.25, -0.2) is 9.18 Å². The largest absolute Gasteiger partial charge is 0.334 e. The number of halogens is 1. The summed E-state index contributed by atoms with van der Waals surface area (Å²) in [6, 6.07) is 31.5. The lowest BCUT2D eigenvalue weighted by Crippen LogP contribution is -2.40. The van der Waals surface area contributed by atoms with E-state index < -0.39 is 0 Å². The van der Waals surface area contributed by atoms with Crippen LogP contribution in [0.4, 0.5) is 14.9 Å². The van der Waals surface area contributed by atoms with Crippen LogP contribution in [0.3, 0.4) is 0 Å². The van der Waals surface area contributed by atoms with E-state index in [1.54, 1.807) is 12.1 Å². The van der Waals surface area contributed by atoms with Gasteiger partial charge < -0.3 is 15.5 Å². The summed E-state index contributed by atoms with van der Waals surface area (Å²) in [6.07, 6.45) is 2.39. The molecule has 2 amide bonds. The topological polar surface area (TPSA) is 57.3 Å². The van der Waals surface area contributed by atoms with E-state index >= 15 is 0 Å². The fourth-order valence-corrected chi connectivity index (χ4v) is 5.36. The highest BCUT2D eigenvalue weighted by Crippen LogP contribution is 2.27. The molecule has 2 N–H and O–H groups in total. The first-order chi connectivity index (χ1) is 19.0. The molecular weight excluding hydrogens is 487 g/mol. The van der Waals surface area contributed by atoms with Gasteiger partial charge in [-0.05, 0) is 67.1 Å². The standard InChI is InChI=1S/C33H35FN4O/c1-24-20-31(21-29(35-24)17-14-25-12-15-28(34)16-13-25)37-33(39)36-30-18-19-38(22-30)23-32(26-8-4-2-5-9-26)27-10-6-3-7-11-27/h2-13,15-16,20-21,30,32H,14,17-19,22-23H2,1H3,(H2,35,36,37,39). The van der Waals surface area contributed by atoms with E-state index in [1.807, 2.05) is 19.1 Å².